The molecule has 0 radical (unpaired) electrons. The Kier molecular flexibility index (Phi) is 1.48. The van der Waals surface area contributed by atoms with Gasteiger partial charge in [0.15, 0.2) is 5.71 Å². The summed E-state index contributed by atoms with van der Waals surface area (Å²) < 4.78 is 0. The number of rotatable bonds is 0. The van der Waals surface area contributed by atoms with Crippen molar-refractivity contribution >= 4 is 5.71 Å². The molecule has 1 heterocycles. The van der Waals surface area contributed by atoms with Gasteiger partial charge in [0.1, 0.15) is 12.7 Å². The molecule has 0 atom stereocenters. The Bertz CT molecular complexity index is 145. The third-order valence-electron chi connectivity index (χ3n) is 0.953. The zero-order chi connectivity index (χ0) is 5.82. The molecule has 0 spiro atoms. The van der Waals surface area contributed by atoms with Gasteiger partial charge in [0.2, 0.25) is 0 Å². The van der Waals surface area contributed by atoms with Gasteiger partial charge in [0, 0.05) is 6.42 Å². The SMILES string of the molecule is N#CC1=NOCCC1. The molecule has 0 N–H and O–H groups in total. The van der Waals surface area contributed by atoms with Crippen molar-refractivity contribution in [2.75, 3.05) is 6.61 Å². The van der Waals surface area contributed by atoms with Crippen LogP contribution in [-0.2, 0) is 4.84 Å². The maximum absolute atomic E-state index is 8.23. The average Bonchev–Trinajstić information content (AvgIpc) is 1.90. The molecule has 0 saturated heterocycles. The zero-order valence-electron chi connectivity index (χ0n) is 4.42. The Morgan fingerprint density at radius 3 is 3.00 bits per heavy atom. The van der Waals surface area contributed by atoms with Crippen molar-refractivity contribution in [3.8, 4) is 6.07 Å². The van der Waals surface area contributed by atoms with Gasteiger partial charge in [0.05, 0.1) is 0 Å². The molecule has 0 saturated carbocycles. The maximum Gasteiger partial charge on any atom is 0.157 e. The van der Waals surface area contributed by atoms with Gasteiger partial charge in [-0.2, -0.15) is 5.26 Å². The van der Waals surface area contributed by atoms with E-state index in [1.807, 2.05) is 6.07 Å². The lowest BCUT2D eigenvalue weighted by Crippen LogP contribution is -2.04. The molecule has 42 valence electrons. The number of oxime groups is 1. The van der Waals surface area contributed by atoms with E-state index >= 15 is 0 Å². The Hall–Kier alpha value is -1.04. The van der Waals surface area contributed by atoms with Crippen molar-refractivity contribution < 1.29 is 4.84 Å². The summed E-state index contributed by atoms with van der Waals surface area (Å²) in [5.41, 5.74) is 0.510. The van der Waals surface area contributed by atoms with Crippen LogP contribution in [-0.4, -0.2) is 12.3 Å². The largest absolute Gasteiger partial charge is 0.395 e. The lowest BCUT2D eigenvalue weighted by atomic mass is 10.2. The molecule has 3 heteroatoms. The first-order valence-corrected chi connectivity index (χ1v) is 2.52. The highest BCUT2D eigenvalue weighted by Gasteiger charge is 2.02. The maximum atomic E-state index is 8.23. The second-order valence-corrected chi connectivity index (χ2v) is 1.59. The van der Waals surface area contributed by atoms with Crippen LogP contribution >= 0.6 is 0 Å². The van der Waals surface area contributed by atoms with Crippen molar-refractivity contribution in [3.05, 3.63) is 0 Å². The second kappa shape index (κ2) is 2.31. The highest BCUT2D eigenvalue weighted by molar-refractivity contribution is 5.98. The standard InChI is InChI=1S/C5H6N2O/c6-4-5-2-1-3-8-7-5/h1-3H2. The van der Waals surface area contributed by atoms with Crippen LogP contribution in [0.4, 0.5) is 0 Å². The van der Waals surface area contributed by atoms with E-state index in [1.165, 1.54) is 0 Å². The van der Waals surface area contributed by atoms with Gasteiger partial charge in [-0.1, -0.05) is 5.16 Å². The number of nitriles is 1. The van der Waals surface area contributed by atoms with Crippen LogP contribution in [0.3, 0.4) is 0 Å². The summed E-state index contributed by atoms with van der Waals surface area (Å²) in [4.78, 5) is 4.64. The van der Waals surface area contributed by atoms with Crippen molar-refractivity contribution in [2.45, 2.75) is 12.8 Å². The Morgan fingerprint density at radius 2 is 2.62 bits per heavy atom. The van der Waals surface area contributed by atoms with E-state index < -0.39 is 0 Å². The first kappa shape index (κ1) is 5.10. The highest BCUT2D eigenvalue weighted by atomic mass is 16.6. The number of hydrogen-bond acceptors (Lipinski definition) is 3. The second-order valence-electron chi connectivity index (χ2n) is 1.59. The molecule has 8 heavy (non-hydrogen) atoms. The lowest BCUT2D eigenvalue weighted by molar-refractivity contribution is 0.132. The van der Waals surface area contributed by atoms with E-state index in [4.69, 9.17) is 5.26 Å². The minimum atomic E-state index is 0.510. The fourth-order valence-corrected chi connectivity index (χ4v) is 0.550. The molecule has 1 aliphatic rings. The third kappa shape index (κ3) is 0.969. The summed E-state index contributed by atoms with van der Waals surface area (Å²) >= 11 is 0. The fourth-order valence-electron chi connectivity index (χ4n) is 0.550. The van der Waals surface area contributed by atoms with Crippen LogP contribution in [0.1, 0.15) is 12.8 Å². The lowest BCUT2D eigenvalue weighted by Gasteiger charge is -2.03. The van der Waals surface area contributed by atoms with Crippen molar-refractivity contribution in [3.63, 3.8) is 0 Å². The van der Waals surface area contributed by atoms with E-state index in [9.17, 15) is 0 Å². The van der Waals surface area contributed by atoms with Crippen LogP contribution in [0.5, 0.6) is 0 Å². The molecular formula is C5H6N2O. The molecule has 0 bridgehead atoms. The minimum absolute atomic E-state index is 0.510. The summed E-state index contributed by atoms with van der Waals surface area (Å²) in [6.45, 7) is 0.658. The molecule has 1 rings (SSSR count). The monoisotopic (exact) mass is 110 g/mol. The number of nitrogens with zero attached hydrogens (tertiary/aromatic N) is 2. The molecule has 0 aromatic rings. The molecule has 0 fully saturated rings. The molecular weight excluding hydrogens is 104 g/mol. The van der Waals surface area contributed by atoms with Crippen LogP contribution in [0.15, 0.2) is 5.16 Å². The summed E-state index contributed by atoms with van der Waals surface area (Å²) in [5.74, 6) is 0. The van der Waals surface area contributed by atoms with Crippen molar-refractivity contribution in [2.24, 2.45) is 5.16 Å². The number of hydrogen-bond donors (Lipinski definition) is 0. The zero-order valence-corrected chi connectivity index (χ0v) is 4.42. The van der Waals surface area contributed by atoms with Gasteiger partial charge in [-0.15, -0.1) is 0 Å². The van der Waals surface area contributed by atoms with Crippen LogP contribution in [0.2, 0.25) is 0 Å². The van der Waals surface area contributed by atoms with E-state index in [2.05, 4.69) is 9.99 Å². The molecule has 0 aromatic heterocycles. The van der Waals surface area contributed by atoms with Gasteiger partial charge in [-0.25, -0.2) is 0 Å². The Labute approximate surface area is 47.5 Å². The molecule has 0 aromatic carbocycles. The average molecular weight is 110 g/mol. The molecule has 3 nitrogen and oxygen atoms in total. The first-order valence-electron chi connectivity index (χ1n) is 2.52. The van der Waals surface area contributed by atoms with Crippen LogP contribution in [0.25, 0.3) is 0 Å². The van der Waals surface area contributed by atoms with E-state index in [1.54, 1.807) is 0 Å². The molecule has 0 aliphatic carbocycles. The Morgan fingerprint density at radius 1 is 1.75 bits per heavy atom. The third-order valence-corrected chi connectivity index (χ3v) is 0.953. The summed E-state index contributed by atoms with van der Waals surface area (Å²) in [5, 5.41) is 11.7. The van der Waals surface area contributed by atoms with Crippen LogP contribution in [0, 0.1) is 11.3 Å². The smallest absolute Gasteiger partial charge is 0.157 e. The van der Waals surface area contributed by atoms with Gasteiger partial charge in [0.25, 0.3) is 0 Å². The van der Waals surface area contributed by atoms with Crippen molar-refractivity contribution in [1.29, 1.82) is 5.26 Å². The summed E-state index contributed by atoms with van der Waals surface area (Å²) in [6.07, 6.45) is 1.70. The van der Waals surface area contributed by atoms with Gasteiger partial charge < -0.3 is 4.84 Å². The molecule has 0 unspecified atom stereocenters. The van der Waals surface area contributed by atoms with Gasteiger partial charge >= 0.3 is 0 Å². The summed E-state index contributed by atoms with van der Waals surface area (Å²) in [7, 11) is 0. The predicted molar refractivity (Wildman–Crippen MR) is 28.2 cm³/mol. The van der Waals surface area contributed by atoms with Crippen LogP contribution < -0.4 is 0 Å². The van der Waals surface area contributed by atoms with E-state index in [0.29, 0.717) is 12.3 Å². The molecule has 0 amide bonds. The van der Waals surface area contributed by atoms with Gasteiger partial charge in [-0.3, -0.25) is 0 Å². The first-order chi connectivity index (χ1) is 3.93. The predicted octanol–water partition coefficient (Wildman–Crippen LogP) is 0.676. The van der Waals surface area contributed by atoms with Crippen molar-refractivity contribution in [1.82, 2.24) is 0 Å². The topological polar surface area (TPSA) is 45.4 Å². The molecule has 1 aliphatic heterocycles. The van der Waals surface area contributed by atoms with Gasteiger partial charge in [-0.05, 0) is 6.42 Å². The van der Waals surface area contributed by atoms with E-state index in [0.717, 1.165) is 12.8 Å². The minimum Gasteiger partial charge on any atom is -0.395 e. The normalized spacial score (nSPS) is 18.1. The summed E-state index contributed by atoms with van der Waals surface area (Å²) in [6, 6.07) is 1.93. The Balaban J connectivity index is 2.53. The quantitative estimate of drug-likeness (QED) is 0.460. The fraction of sp³-hybridized carbons (Fsp3) is 0.600. The highest BCUT2D eigenvalue weighted by Crippen LogP contribution is 2.00. The van der Waals surface area contributed by atoms with E-state index in [-0.39, 0.29) is 0 Å².